The van der Waals surface area contributed by atoms with Crippen LogP contribution in [-0.2, 0) is 14.6 Å². The van der Waals surface area contributed by atoms with E-state index >= 15 is 0 Å². The van der Waals surface area contributed by atoms with Crippen molar-refractivity contribution in [2.45, 2.75) is 43.7 Å². The Labute approximate surface area is 169 Å². The molecule has 0 radical (unpaired) electrons. The number of rotatable bonds is 7. The van der Waals surface area contributed by atoms with Crippen LogP contribution in [0, 0.1) is 30.5 Å². The van der Waals surface area contributed by atoms with Crippen LogP contribution in [0.15, 0.2) is 23.2 Å². The molecule has 152 valence electrons. The van der Waals surface area contributed by atoms with E-state index in [9.17, 15) is 12.8 Å². The minimum absolute atomic E-state index is 0.00162. The second-order valence-electron chi connectivity index (χ2n) is 8.15. The molecule has 2 saturated carbocycles. The molecule has 1 atom stereocenters. The molecular formula is C20H24ClFN2O3S. The van der Waals surface area contributed by atoms with Crippen molar-refractivity contribution in [2.24, 2.45) is 17.8 Å². The molecule has 28 heavy (non-hydrogen) atoms. The number of halogens is 2. The summed E-state index contributed by atoms with van der Waals surface area (Å²) in [5.74, 6) is 2.11. The van der Waals surface area contributed by atoms with Gasteiger partial charge in [-0.3, -0.25) is 0 Å². The van der Waals surface area contributed by atoms with Gasteiger partial charge in [-0.05, 0) is 68.1 Å². The number of sulfone groups is 1. The summed E-state index contributed by atoms with van der Waals surface area (Å²) in [6, 6.07) is 4.39. The van der Waals surface area contributed by atoms with Gasteiger partial charge in [0.25, 0.3) is 0 Å². The summed E-state index contributed by atoms with van der Waals surface area (Å²) >= 11 is 5.96. The molecule has 0 spiro atoms. The van der Waals surface area contributed by atoms with Crippen LogP contribution in [0.5, 0.6) is 0 Å². The van der Waals surface area contributed by atoms with Gasteiger partial charge in [-0.1, -0.05) is 17.7 Å². The number of ether oxygens (including phenoxy) is 1. The summed E-state index contributed by atoms with van der Waals surface area (Å²) in [7, 11) is -3.46. The lowest BCUT2D eigenvalue weighted by molar-refractivity contribution is 0.00329. The van der Waals surface area contributed by atoms with Crippen molar-refractivity contribution in [1.82, 2.24) is 9.97 Å². The number of hydrogen-bond acceptors (Lipinski definition) is 4. The van der Waals surface area contributed by atoms with Gasteiger partial charge in [-0.2, -0.15) is 0 Å². The minimum atomic E-state index is -3.46. The zero-order chi connectivity index (χ0) is 20.1. The second-order valence-corrected chi connectivity index (χ2v) is 10.5. The van der Waals surface area contributed by atoms with Gasteiger partial charge in [-0.25, -0.2) is 17.8 Å². The van der Waals surface area contributed by atoms with Crippen molar-refractivity contribution in [1.29, 1.82) is 0 Å². The molecule has 1 heterocycles. The monoisotopic (exact) mass is 426 g/mol. The van der Waals surface area contributed by atoms with Crippen LogP contribution in [0.3, 0.4) is 0 Å². The summed E-state index contributed by atoms with van der Waals surface area (Å²) in [6.45, 7) is 2.21. The summed E-state index contributed by atoms with van der Waals surface area (Å²) in [5, 5.41) is -0.00286. The molecule has 2 aromatic rings. The maximum Gasteiger partial charge on any atom is 0.194 e. The van der Waals surface area contributed by atoms with Crippen LogP contribution < -0.4 is 0 Å². The van der Waals surface area contributed by atoms with Crippen LogP contribution >= 0.6 is 11.6 Å². The van der Waals surface area contributed by atoms with Crippen molar-refractivity contribution >= 4 is 21.4 Å². The molecule has 1 aromatic heterocycles. The Hall–Kier alpha value is -1.44. The minimum Gasteiger partial charge on any atom is -0.365 e. The number of hydrogen-bond donors (Lipinski definition) is 1. The summed E-state index contributed by atoms with van der Waals surface area (Å²) < 4.78 is 43.7. The van der Waals surface area contributed by atoms with Crippen LogP contribution in [-0.4, -0.2) is 31.2 Å². The van der Waals surface area contributed by atoms with Crippen molar-refractivity contribution in [3.63, 3.8) is 0 Å². The average molecular weight is 427 g/mol. The molecule has 0 aliphatic heterocycles. The average Bonchev–Trinajstić information content (AvgIpc) is 3.33. The Bertz CT molecular complexity index is 981. The van der Waals surface area contributed by atoms with E-state index in [1.165, 1.54) is 37.8 Å². The topological polar surface area (TPSA) is 72.0 Å². The third kappa shape index (κ3) is 4.11. The fraction of sp³-hybridized carbons (Fsp3) is 0.550. The number of aromatic nitrogens is 2. The highest BCUT2D eigenvalue weighted by Gasteiger charge is 2.40. The van der Waals surface area contributed by atoms with Crippen molar-refractivity contribution in [3.8, 4) is 0 Å². The fourth-order valence-electron chi connectivity index (χ4n) is 4.07. The van der Waals surface area contributed by atoms with E-state index in [1.807, 2.05) is 0 Å². The highest BCUT2D eigenvalue weighted by atomic mass is 35.5. The molecule has 0 amide bonds. The summed E-state index contributed by atoms with van der Waals surface area (Å²) in [4.78, 5) is 7.31. The summed E-state index contributed by atoms with van der Waals surface area (Å²) in [6.07, 6.45) is 5.55. The first-order valence-corrected chi connectivity index (χ1v) is 11.8. The van der Waals surface area contributed by atoms with Gasteiger partial charge in [0.15, 0.2) is 14.9 Å². The lowest BCUT2D eigenvalue weighted by atomic mass is 9.73. The predicted molar refractivity (Wildman–Crippen MR) is 105 cm³/mol. The van der Waals surface area contributed by atoms with E-state index in [2.05, 4.69) is 9.97 Å². The van der Waals surface area contributed by atoms with E-state index in [1.54, 1.807) is 13.0 Å². The Morgan fingerprint density at radius 2 is 2.04 bits per heavy atom. The zero-order valence-electron chi connectivity index (χ0n) is 15.9. The second kappa shape index (κ2) is 7.43. The number of aryl methyl sites for hydroxylation is 1. The van der Waals surface area contributed by atoms with Crippen molar-refractivity contribution in [2.75, 3.05) is 12.9 Å². The number of nitrogens with zero attached hydrogens (tertiary/aromatic N) is 1. The van der Waals surface area contributed by atoms with Gasteiger partial charge < -0.3 is 9.72 Å². The number of aromatic amines is 1. The molecule has 0 saturated heterocycles. The molecule has 5 nitrogen and oxygen atoms in total. The number of H-pyrrole nitrogens is 1. The van der Waals surface area contributed by atoms with E-state index in [0.29, 0.717) is 29.6 Å². The zero-order valence-corrected chi connectivity index (χ0v) is 17.5. The van der Waals surface area contributed by atoms with Crippen LogP contribution in [0.2, 0.25) is 5.02 Å². The molecule has 8 heteroatoms. The van der Waals surface area contributed by atoms with Gasteiger partial charge in [0, 0.05) is 6.26 Å². The van der Waals surface area contributed by atoms with E-state index < -0.39 is 21.8 Å². The number of imidazole rings is 1. The van der Waals surface area contributed by atoms with E-state index in [0.717, 1.165) is 18.1 Å². The molecule has 1 unspecified atom stereocenters. The smallest absolute Gasteiger partial charge is 0.194 e. The third-order valence-corrected chi connectivity index (χ3v) is 7.15. The maximum atomic E-state index is 13.6. The lowest BCUT2D eigenvalue weighted by Gasteiger charge is -2.36. The Morgan fingerprint density at radius 1 is 1.32 bits per heavy atom. The molecule has 2 fully saturated rings. The first-order valence-electron chi connectivity index (χ1n) is 9.55. The van der Waals surface area contributed by atoms with Crippen LogP contribution in [0.4, 0.5) is 4.39 Å². The standard InChI is InChI=1S/C20H24ClFN2O3S/c1-11-20(28(2,25)26)24-19(23-11)18(14-5-6-17(22)16(21)9-14)27-10-12-7-15(8-12)13-3-4-13/h5-6,9,12-13,15,18H,3-4,7-8,10H2,1-2H3,(H,23,24). The highest BCUT2D eigenvalue weighted by molar-refractivity contribution is 7.90. The molecule has 1 N–H and O–H groups in total. The Morgan fingerprint density at radius 3 is 2.61 bits per heavy atom. The maximum absolute atomic E-state index is 13.6. The summed E-state index contributed by atoms with van der Waals surface area (Å²) in [5.41, 5.74) is 1.09. The normalized spacial score (nSPS) is 23.4. The van der Waals surface area contributed by atoms with Gasteiger partial charge >= 0.3 is 0 Å². The van der Waals surface area contributed by atoms with Crippen LogP contribution in [0.1, 0.15) is 48.9 Å². The molecule has 4 rings (SSSR count). The SMILES string of the molecule is Cc1[nH]c(C(OCC2CC(C3CC3)C2)c2ccc(F)c(Cl)c2)nc1S(C)(=O)=O. The quantitative estimate of drug-likeness (QED) is 0.709. The Kier molecular flexibility index (Phi) is 5.27. The molecule has 1 aromatic carbocycles. The fourth-order valence-corrected chi connectivity index (χ4v) is 5.13. The largest absolute Gasteiger partial charge is 0.365 e. The molecule has 0 bridgehead atoms. The van der Waals surface area contributed by atoms with Gasteiger partial charge in [0.1, 0.15) is 17.7 Å². The Balaban J connectivity index is 1.57. The van der Waals surface area contributed by atoms with E-state index in [-0.39, 0.29) is 10.0 Å². The van der Waals surface area contributed by atoms with E-state index in [4.69, 9.17) is 16.3 Å². The van der Waals surface area contributed by atoms with Gasteiger partial charge in [-0.15, -0.1) is 0 Å². The first-order chi connectivity index (χ1) is 13.2. The first kappa shape index (κ1) is 19.9. The molecular weight excluding hydrogens is 403 g/mol. The number of nitrogens with one attached hydrogen (secondary N) is 1. The van der Waals surface area contributed by atoms with Crippen LogP contribution in [0.25, 0.3) is 0 Å². The van der Waals surface area contributed by atoms with Gasteiger partial charge in [0.05, 0.1) is 17.3 Å². The predicted octanol–water partition coefficient (Wildman–Crippen LogP) is 4.46. The molecule has 2 aliphatic carbocycles. The lowest BCUT2D eigenvalue weighted by Crippen LogP contribution is -2.29. The van der Waals surface area contributed by atoms with Crippen molar-refractivity contribution < 1.29 is 17.5 Å². The van der Waals surface area contributed by atoms with Gasteiger partial charge in [0.2, 0.25) is 0 Å². The number of benzene rings is 1. The molecule has 2 aliphatic rings. The highest BCUT2D eigenvalue weighted by Crippen LogP contribution is 2.49. The third-order valence-electron chi connectivity index (χ3n) is 5.76. The van der Waals surface area contributed by atoms with Crippen molar-refractivity contribution in [3.05, 3.63) is 46.1 Å².